The smallest absolute Gasteiger partial charge is 0.259 e. The molecule has 1 heterocycles. The summed E-state index contributed by atoms with van der Waals surface area (Å²) < 4.78 is 10.9. The standard InChI is InChI=1S/C13H23NO6S/c15-6-8-9(16)10(17)11(18)12(20-8)14-13(21)19-7-4-2-1-3-5-7/h7-12,15-18H,1-6H2,(H,14,21)/t8-,9+,10+,11+,12-/m0/s1. The third-order valence-corrected chi connectivity index (χ3v) is 4.19. The largest absolute Gasteiger partial charge is 0.468 e. The molecule has 1 saturated heterocycles. The van der Waals surface area contributed by atoms with Gasteiger partial charge in [-0.1, -0.05) is 6.42 Å². The summed E-state index contributed by atoms with van der Waals surface area (Å²) in [5, 5.41) is 41.1. The maximum atomic E-state index is 9.88. The first kappa shape index (κ1) is 16.9. The van der Waals surface area contributed by atoms with Crippen molar-refractivity contribution in [1.82, 2.24) is 5.32 Å². The zero-order valence-corrected chi connectivity index (χ0v) is 12.5. The highest BCUT2D eigenvalue weighted by Gasteiger charge is 2.43. The number of nitrogens with one attached hydrogen (secondary N) is 1. The Balaban J connectivity index is 1.86. The zero-order valence-electron chi connectivity index (χ0n) is 11.7. The molecule has 0 aromatic heterocycles. The Kier molecular flexibility index (Phi) is 6.15. The van der Waals surface area contributed by atoms with Crippen LogP contribution in [0.25, 0.3) is 0 Å². The van der Waals surface area contributed by atoms with Crippen LogP contribution in [-0.4, -0.2) is 69.0 Å². The fourth-order valence-electron chi connectivity index (χ4n) is 2.71. The monoisotopic (exact) mass is 321 g/mol. The molecule has 1 saturated carbocycles. The summed E-state index contributed by atoms with van der Waals surface area (Å²) in [5.74, 6) is 0. The van der Waals surface area contributed by atoms with Crippen LogP contribution in [0.3, 0.4) is 0 Å². The van der Waals surface area contributed by atoms with Crippen molar-refractivity contribution in [2.24, 2.45) is 0 Å². The molecule has 0 unspecified atom stereocenters. The Morgan fingerprint density at radius 2 is 1.76 bits per heavy atom. The molecule has 2 fully saturated rings. The Morgan fingerprint density at radius 3 is 2.38 bits per heavy atom. The molecule has 8 heteroatoms. The molecule has 2 aliphatic rings. The van der Waals surface area contributed by atoms with E-state index in [2.05, 4.69) is 5.32 Å². The first-order valence-corrected chi connectivity index (χ1v) is 7.71. The second kappa shape index (κ2) is 7.66. The quantitative estimate of drug-likeness (QED) is 0.421. The highest BCUT2D eigenvalue weighted by atomic mass is 32.1. The molecule has 2 rings (SSSR count). The molecule has 0 aromatic carbocycles. The lowest BCUT2D eigenvalue weighted by Crippen LogP contribution is -2.63. The van der Waals surface area contributed by atoms with Crippen molar-refractivity contribution < 1.29 is 29.9 Å². The lowest BCUT2D eigenvalue weighted by atomic mass is 9.98. The predicted molar refractivity (Wildman–Crippen MR) is 77.5 cm³/mol. The van der Waals surface area contributed by atoms with Crippen molar-refractivity contribution in [2.75, 3.05) is 6.61 Å². The van der Waals surface area contributed by atoms with Crippen molar-refractivity contribution in [1.29, 1.82) is 0 Å². The van der Waals surface area contributed by atoms with E-state index in [9.17, 15) is 15.3 Å². The van der Waals surface area contributed by atoms with Crippen LogP contribution in [0.5, 0.6) is 0 Å². The van der Waals surface area contributed by atoms with Gasteiger partial charge < -0.3 is 35.2 Å². The lowest BCUT2D eigenvalue weighted by molar-refractivity contribution is -0.233. The van der Waals surface area contributed by atoms with Crippen molar-refractivity contribution in [3.63, 3.8) is 0 Å². The molecule has 0 radical (unpaired) electrons. The number of hydrogen-bond donors (Lipinski definition) is 5. The average Bonchev–Trinajstić information content (AvgIpc) is 2.49. The molecule has 122 valence electrons. The molecule has 21 heavy (non-hydrogen) atoms. The predicted octanol–water partition coefficient (Wildman–Crippen LogP) is -0.990. The van der Waals surface area contributed by atoms with Gasteiger partial charge in [0.2, 0.25) is 0 Å². The van der Waals surface area contributed by atoms with Crippen LogP contribution in [0.15, 0.2) is 0 Å². The molecule has 0 aromatic rings. The summed E-state index contributed by atoms with van der Waals surface area (Å²) in [4.78, 5) is 0. The van der Waals surface area contributed by atoms with E-state index in [-0.39, 0.29) is 11.3 Å². The van der Waals surface area contributed by atoms with Crippen molar-refractivity contribution in [2.45, 2.75) is 68.9 Å². The second-order valence-electron chi connectivity index (χ2n) is 5.56. The van der Waals surface area contributed by atoms with Crippen LogP contribution in [0.2, 0.25) is 0 Å². The number of rotatable bonds is 3. The van der Waals surface area contributed by atoms with E-state index in [0.29, 0.717) is 0 Å². The van der Waals surface area contributed by atoms with Crippen LogP contribution in [0.4, 0.5) is 0 Å². The lowest BCUT2D eigenvalue weighted by Gasteiger charge is -2.40. The molecule has 0 spiro atoms. The molecule has 5 atom stereocenters. The van der Waals surface area contributed by atoms with E-state index in [1.54, 1.807) is 0 Å². The minimum Gasteiger partial charge on any atom is -0.468 e. The Bertz CT molecular complexity index is 350. The van der Waals surface area contributed by atoms with Gasteiger partial charge in [-0.15, -0.1) is 0 Å². The van der Waals surface area contributed by atoms with Crippen molar-refractivity contribution in [3.05, 3.63) is 0 Å². The maximum absolute atomic E-state index is 9.88. The number of ether oxygens (including phenoxy) is 2. The van der Waals surface area contributed by atoms with E-state index in [1.165, 1.54) is 6.42 Å². The summed E-state index contributed by atoms with van der Waals surface area (Å²) in [5.41, 5.74) is 0. The van der Waals surface area contributed by atoms with E-state index in [0.717, 1.165) is 25.7 Å². The fourth-order valence-corrected chi connectivity index (χ4v) is 2.96. The highest BCUT2D eigenvalue weighted by Crippen LogP contribution is 2.22. The molecule has 0 bridgehead atoms. The summed E-state index contributed by atoms with van der Waals surface area (Å²) in [6.07, 6.45) is -0.809. The van der Waals surface area contributed by atoms with Crippen molar-refractivity contribution >= 4 is 17.4 Å². The zero-order chi connectivity index (χ0) is 15.4. The Hall–Kier alpha value is -0.510. The normalized spacial score (nSPS) is 38.0. The summed E-state index contributed by atoms with van der Waals surface area (Å²) in [7, 11) is 0. The Labute approximate surface area is 128 Å². The fraction of sp³-hybridized carbons (Fsp3) is 0.923. The van der Waals surface area contributed by atoms with Gasteiger partial charge in [0.15, 0.2) is 6.23 Å². The van der Waals surface area contributed by atoms with Crippen LogP contribution in [-0.2, 0) is 9.47 Å². The first-order chi connectivity index (χ1) is 10.0. The number of hydrogen-bond acceptors (Lipinski definition) is 7. The van der Waals surface area contributed by atoms with E-state index in [1.807, 2.05) is 0 Å². The first-order valence-electron chi connectivity index (χ1n) is 7.30. The molecule has 7 nitrogen and oxygen atoms in total. The van der Waals surface area contributed by atoms with Crippen molar-refractivity contribution in [3.8, 4) is 0 Å². The maximum Gasteiger partial charge on any atom is 0.259 e. The summed E-state index contributed by atoms with van der Waals surface area (Å²) >= 11 is 5.08. The summed E-state index contributed by atoms with van der Waals surface area (Å²) in [6.45, 7) is -0.473. The third-order valence-electron chi connectivity index (χ3n) is 3.98. The van der Waals surface area contributed by atoms with Gasteiger partial charge in [0.1, 0.15) is 30.5 Å². The van der Waals surface area contributed by atoms with Gasteiger partial charge in [-0.05, 0) is 37.9 Å². The van der Waals surface area contributed by atoms with Gasteiger partial charge in [0.25, 0.3) is 5.17 Å². The van der Waals surface area contributed by atoms with Gasteiger partial charge in [-0.25, -0.2) is 0 Å². The average molecular weight is 321 g/mol. The molecule has 1 aliphatic heterocycles. The molecule has 0 amide bonds. The third kappa shape index (κ3) is 4.24. The number of thiocarbonyl (C=S) groups is 1. The van der Waals surface area contributed by atoms with Gasteiger partial charge in [0.05, 0.1) is 6.61 Å². The molecular weight excluding hydrogens is 298 g/mol. The van der Waals surface area contributed by atoms with E-state index < -0.39 is 37.3 Å². The van der Waals surface area contributed by atoms with Crippen LogP contribution >= 0.6 is 12.2 Å². The van der Waals surface area contributed by atoms with E-state index >= 15 is 0 Å². The SMILES string of the molecule is OC[C@@H]1O[C@H](NC(=S)OC2CCCCC2)[C@H](O)[C@H](O)[C@@H]1O. The highest BCUT2D eigenvalue weighted by molar-refractivity contribution is 7.80. The topological polar surface area (TPSA) is 111 Å². The number of aliphatic hydroxyl groups excluding tert-OH is 4. The summed E-state index contributed by atoms with van der Waals surface area (Å²) in [6, 6.07) is 0. The second-order valence-corrected chi connectivity index (χ2v) is 5.93. The van der Waals surface area contributed by atoms with Crippen LogP contribution in [0.1, 0.15) is 32.1 Å². The van der Waals surface area contributed by atoms with Gasteiger partial charge in [0, 0.05) is 0 Å². The number of aliphatic hydroxyl groups is 4. The minimum atomic E-state index is -1.43. The molecule has 5 N–H and O–H groups in total. The van der Waals surface area contributed by atoms with Gasteiger partial charge in [-0.3, -0.25) is 0 Å². The molecular formula is C13H23NO6S. The minimum absolute atomic E-state index is 0.0589. The Morgan fingerprint density at radius 1 is 1.10 bits per heavy atom. The van der Waals surface area contributed by atoms with Crippen LogP contribution < -0.4 is 5.32 Å². The van der Waals surface area contributed by atoms with E-state index in [4.69, 9.17) is 26.8 Å². The van der Waals surface area contributed by atoms with Gasteiger partial charge >= 0.3 is 0 Å². The molecule has 1 aliphatic carbocycles. The van der Waals surface area contributed by atoms with Gasteiger partial charge in [-0.2, -0.15) is 0 Å². The van der Waals surface area contributed by atoms with Crippen LogP contribution in [0, 0.1) is 0 Å².